The Morgan fingerprint density at radius 2 is 1.60 bits per heavy atom. The molecule has 0 heterocycles. The number of methoxy groups -OCH3 is 2. The highest BCUT2D eigenvalue weighted by molar-refractivity contribution is 5.93. The summed E-state index contributed by atoms with van der Waals surface area (Å²) in [5, 5.41) is 4.88. The van der Waals surface area contributed by atoms with Crippen LogP contribution < -0.4 is 10.6 Å². The first-order valence-electron chi connectivity index (χ1n) is 7.63. The molecule has 0 fully saturated rings. The van der Waals surface area contributed by atoms with Crippen LogP contribution in [-0.4, -0.2) is 50.1 Å². The summed E-state index contributed by atoms with van der Waals surface area (Å²) in [7, 11) is 2.39. The second-order valence-electron chi connectivity index (χ2n) is 5.31. The number of ether oxygens (including phenoxy) is 2. The Bertz CT molecular complexity index is 617. The van der Waals surface area contributed by atoms with Gasteiger partial charge in [0.05, 0.1) is 20.6 Å². The first-order valence-corrected chi connectivity index (χ1v) is 7.63. The van der Waals surface area contributed by atoms with Crippen LogP contribution in [0.3, 0.4) is 0 Å². The molecule has 0 radical (unpaired) electrons. The SMILES string of the molecule is COC(=O)C[C@H](NC(C)=O)C(=O)N[C@@H](Cc1ccccc1)C(=O)OC. The van der Waals surface area contributed by atoms with Crippen molar-refractivity contribution in [2.45, 2.75) is 31.8 Å². The summed E-state index contributed by atoms with van der Waals surface area (Å²) < 4.78 is 9.24. The van der Waals surface area contributed by atoms with E-state index in [2.05, 4.69) is 15.4 Å². The number of hydrogen-bond donors (Lipinski definition) is 2. The molecule has 8 heteroatoms. The number of carbonyl (C=O) groups is 4. The van der Waals surface area contributed by atoms with Crippen molar-refractivity contribution >= 4 is 23.8 Å². The largest absolute Gasteiger partial charge is 0.469 e. The molecular formula is C17H22N2O6. The minimum absolute atomic E-state index is 0.213. The highest BCUT2D eigenvalue weighted by Crippen LogP contribution is 2.06. The average molecular weight is 350 g/mol. The zero-order chi connectivity index (χ0) is 18.8. The van der Waals surface area contributed by atoms with Crippen LogP contribution in [0.15, 0.2) is 30.3 Å². The molecule has 1 aromatic rings. The zero-order valence-corrected chi connectivity index (χ0v) is 14.4. The van der Waals surface area contributed by atoms with Crippen molar-refractivity contribution in [1.29, 1.82) is 0 Å². The molecule has 8 nitrogen and oxygen atoms in total. The number of esters is 2. The number of carbonyl (C=O) groups excluding carboxylic acids is 4. The van der Waals surface area contributed by atoms with Crippen molar-refractivity contribution in [3.8, 4) is 0 Å². The number of hydrogen-bond acceptors (Lipinski definition) is 6. The molecule has 0 aliphatic carbocycles. The van der Waals surface area contributed by atoms with Gasteiger partial charge in [0.1, 0.15) is 12.1 Å². The summed E-state index contributed by atoms with van der Waals surface area (Å²) in [6, 6.07) is 6.97. The van der Waals surface area contributed by atoms with Gasteiger partial charge >= 0.3 is 11.9 Å². The molecule has 1 rings (SSSR count). The van der Waals surface area contributed by atoms with Gasteiger partial charge in [-0.25, -0.2) is 4.79 Å². The maximum Gasteiger partial charge on any atom is 0.328 e. The topological polar surface area (TPSA) is 111 Å². The smallest absolute Gasteiger partial charge is 0.328 e. The van der Waals surface area contributed by atoms with Crippen LogP contribution in [0.1, 0.15) is 18.9 Å². The molecule has 2 N–H and O–H groups in total. The van der Waals surface area contributed by atoms with Crippen molar-refractivity contribution in [2.24, 2.45) is 0 Å². The Kier molecular flexibility index (Phi) is 8.11. The van der Waals surface area contributed by atoms with E-state index in [4.69, 9.17) is 4.74 Å². The van der Waals surface area contributed by atoms with E-state index in [9.17, 15) is 19.2 Å². The van der Waals surface area contributed by atoms with Crippen molar-refractivity contribution in [3.05, 3.63) is 35.9 Å². The van der Waals surface area contributed by atoms with Crippen molar-refractivity contribution in [2.75, 3.05) is 14.2 Å². The van der Waals surface area contributed by atoms with Gasteiger partial charge in [-0.2, -0.15) is 0 Å². The first kappa shape index (κ1) is 20.1. The fourth-order valence-electron chi connectivity index (χ4n) is 2.16. The van der Waals surface area contributed by atoms with Crippen molar-refractivity contribution in [3.63, 3.8) is 0 Å². The van der Waals surface area contributed by atoms with Crippen molar-refractivity contribution < 1.29 is 28.7 Å². The zero-order valence-electron chi connectivity index (χ0n) is 14.4. The third kappa shape index (κ3) is 7.03. The number of amides is 2. The van der Waals surface area contributed by atoms with Crippen LogP contribution in [0.2, 0.25) is 0 Å². The van der Waals surface area contributed by atoms with Crippen LogP contribution >= 0.6 is 0 Å². The second-order valence-corrected chi connectivity index (χ2v) is 5.31. The molecule has 0 aromatic heterocycles. The molecule has 0 aliphatic heterocycles. The normalized spacial score (nSPS) is 12.4. The minimum Gasteiger partial charge on any atom is -0.469 e. The molecule has 0 aliphatic rings. The summed E-state index contributed by atoms with van der Waals surface area (Å²) >= 11 is 0. The van der Waals surface area contributed by atoms with E-state index in [1.54, 1.807) is 0 Å². The van der Waals surface area contributed by atoms with Gasteiger partial charge in [-0.15, -0.1) is 0 Å². The highest BCUT2D eigenvalue weighted by atomic mass is 16.5. The van der Waals surface area contributed by atoms with Gasteiger partial charge in [-0.05, 0) is 5.56 Å². The standard InChI is InChI=1S/C17H22N2O6/c1-11(20)18-13(10-15(21)24-2)16(22)19-14(17(23)25-3)9-12-7-5-4-6-8-12/h4-8,13-14H,9-10H2,1-3H3,(H,18,20)(H,19,22)/t13-,14-/m0/s1. The summed E-state index contributed by atoms with van der Waals surface area (Å²) in [6.07, 6.45) is -0.134. The second kappa shape index (κ2) is 10.1. The lowest BCUT2D eigenvalue weighted by atomic mass is 10.1. The molecule has 0 saturated carbocycles. The maximum absolute atomic E-state index is 12.4. The van der Waals surface area contributed by atoms with E-state index in [0.717, 1.165) is 5.56 Å². The highest BCUT2D eigenvalue weighted by Gasteiger charge is 2.28. The summed E-state index contributed by atoms with van der Waals surface area (Å²) in [5.74, 6) is -2.45. The van der Waals surface area contributed by atoms with Crippen LogP contribution in [0.25, 0.3) is 0 Å². The van der Waals surface area contributed by atoms with Gasteiger partial charge in [0.2, 0.25) is 11.8 Å². The molecule has 25 heavy (non-hydrogen) atoms. The number of rotatable bonds is 8. The van der Waals surface area contributed by atoms with E-state index >= 15 is 0 Å². The monoisotopic (exact) mass is 350 g/mol. The Labute approximate surface area is 145 Å². The number of benzene rings is 1. The Balaban J connectivity index is 2.87. The fourth-order valence-corrected chi connectivity index (χ4v) is 2.16. The van der Waals surface area contributed by atoms with Gasteiger partial charge in [-0.1, -0.05) is 30.3 Å². The Morgan fingerprint density at radius 3 is 2.12 bits per heavy atom. The number of nitrogens with one attached hydrogen (secondary N) is 2. The van der Waals surface area contributed by atoms with Crippen LogP contribution in [0, 0.1) is 0 Å². The quantitative estimate of drug-likeness (QED) is 0.636. The summed E-state index contributed by atoms with van der Waals surface area (Å²) in [6.45, 7) is 1.22. The lowest BCUT2D eigenvalue weighted by Gasteiger charge is -2.21. The van der Waals surface area contributed by atoms with Gasteiger partial charge in [-0.3, -0.25) is 14.4 Å². The van der Waals surface area contributed by atoms with E-state index in [-0.39, 0.29) is 12.8 Å². The molecule has 0 saturated heterocycles. The van der Waals surface area contributed by atoms with E-state index in [0.29, 0.717) is 0 Å². The molecule has 0 unspecified atom stereocenters. The summed E-state index contributed by atoms with van der Waals surface area (Å²) in [4.78, 5) is 47.1. The van der Waals surface area contributed by atoms with Gasteiger partial charge in [0.15, 0.2) is 0 Å². The molecule has 2 amide bonds. The predicted molar refractivity (Wildman–Crippen MR) is 88.3 cm³/mol. The van der Waals surface area contributed by atoms with Gasteiger partial charge in [0.25, 0.3) is 0 Å². The molecule has 0 spiro atoms. The Morgan fingerprint density at radius 1 is 0.960 bits per heavy atom. The lowest BCUT2D eigenvalue weighted by molar-refractivity contribution is -0.146. The molecule has 136 valence electrons. The predicted octanol–water partition coefficient (Wildman–Crippen LogP) is -0.0453. The first-order chi connectivity index (χ1) is 11.9. The maximum atomic E-state index is 12.4. The average Bonchev–Trinajstić information content (AvgIpc) is 2.60. The molecule has 0 bridgehead atoms. The van der Waals surface area contributed by atoms with E-state index in [1.165, 1.54) is 21.1 Å². The Hall–Kier alpha value is -2.90. The third-order valence-corrected chi connectivity index (χ3v) is 3.38. The fraction of sp³-hybridized carbons (Fsp3) is 0.412. The van der Waals surface area contributed by atoms with Crippen molar-refractivity contribution in [1.82, 2.24) is 10.6 Å². The van der Waals surface area contributed by atoms with Crippen LogP contribution in [-0.2, 0) is 35.1 Å². The van der Waals surface area contributed by atoms with Gasteiger partial charge < -0.3 is 20.1 Å². The van der Waals surface area contributed by atoms with Crippen LogP contribution in [0.4, 0.5) is 0 Å². The molecule has 2 atom stereocenters. The lowest BCUT2D eigenvalue weighted by Crippen LogP contribution is -2.52. The third-order valence-electron chi connectivity index (χ3n) is 3.38. The van der Waals surface area contributed by atoms with Gasteiger partial charge in [0, 0.05) is 13.3 Å². The van der Waals surface area contributed by atoms with E-state index in [1.807, 2.05) is 30.3 Å². The van der Waals surface area contributed by atoms with E-state index < -0.39 is 35.8 Å². The summed E-state index contributed by atoms with van der Waals surface area (Å²) in [5.41, 5.74) is 0.822. The van der Waals surface area contributed by atoms with Crippen LogP contribution in [0.5, 0.6) is 0 Å². The minimum atomic E-state index is -1.15. The molecule has 1 aromatic carbocycles. The molecular weight excluding hydrogens is 328 g/mol.